The van der Waals surface area contributed by atoms with E-state index in [1.165, 1.54) is 12.2 Å². The van der Waals surface area contributed by atoms with Crippen molar-refractivity contribution in [3.05, 3.63) is 76.3 Å². The molecule has 0 aliphatic carbocycles. The van der Waals surface area contributed by atoms with E-state index in [1.54, 1.807) is 48.5 Å². The van der Waals surface area contributed by atoms with E-state index in [2.05, 4.69) is 9.97 Å². The molecule has 0 atom stereocenters. The van der Waals surface area contributed by atoms with Crippen LogP contribution in [0.15, 0.2) is 59.4 Å². The Morgan fingerprint density at radius 3 is 2.77 bits per heavy atom. The fourth-order valence-corrected chi connectivity index (χ4v) is 2.31. The van der Waals surface area contributed by atoms with Crippen LogP contribution in [0.4, 0.5) is 0 Å². The third-order valence-corrected chi connectivity index (χ3v) is 3.49. The Kier molecular flexibility index (Phi) is 4.89. The minimum atomic E-state index is -1.08. The van der Waals surface area contributed by atoms with Gasteiger partial charge in [-0.25, -0.2) is 9.78 Å². The van der Waals surface area contributed by atoms with Gasteiger partial charge >= 0.3 is 5.97 Å². The van der Waals surface area contributed by atoms with Gasteiger partial charge in [0.2, 0.25) is 5.78 Å². The van der Waals surface area contributed by atoms with Gasteiger partial charge in [0.1, 0.15) is 5.75 Å². The van der Waals surface area contributed by atoms with Gasteiger partial charge in [-0.2, -0.15) is 0 Å². The molecule has 0 aliphatic heterocycles. The number of para-hydroxylation sites is 1. The molecule has 7 heteroatoms. The van der Waals surface area contributed by atoms with Gasteiger partial charge in [0.15, 0.2) is 12.4 Å². The second-order valence-electron chi connectivity index (χ2n) is 5.38. The maximum atomic E-state index is 12.3. The van der Waals surface area contributed by atoms with E-state index in [9.17, 15) is 14.4 Å². The molecular formula is C19H14N2O5. The van der Waals surface area contributed by atoms with Crippen molar-refractivity contribution in [2.24, 2.45) is 0 Å². The van der Waals surface area contributed by atoms with Crippen molar-refractivity contribution in [1.29, 1.82) is 0 Å². The van der Waals surface area contributed by atoms with E-state index < -0.39 is 18.4 Å². The van der Waals surface area contributed by atoms with Crippen molar-refractivity contribution in [1.82, 2.24) is 9.97 Å². The number of ketones is 1. The third-order valence-electron chi connectivity index (χ3n) is 3.49. The summed E-state index contributed by atoms with van der Waals surface area (Å²) >= 11 is 0. The molecule has 0 saturated carbocycles. The lowest BCUT2D eigenvalue weighted by Crippen LogP contribution is -2.14. The number of hydrogen-bond donors (Lipinski definition) is 2. The number of fused-ring (bicyclic) bond motifs is 1. The lowest BCUT2D eigenvalue weighted by atomic mass is 10.2. The van der Waals surface area contributed by atoms with E-state index in [4.69, 9.17) is 9.84 Å². The second kappa shape index (κ2) is 7.43. The number of nitrogens with zero attached hydrogens (tertiary/aromatic N) is 1. The SMILES string of the molecule is O=C(O)COc1cccc(/C=C/C(=O)c2nc3ccccc3c(=O)[nH]2)c1. The van der Waals surface area contributed by atoms with Crippen LogP contribution in [0.3, 0.4) is 0 Å². The first-order valence-electron chi connectivity index (χ1n) is 7.69. The van der Waals surface area contributed by atoms with E-state index >= 15 is 0 Å². The summed E-state index contributed by atoms with van der Waals surface area (Å²) in [5, 5.41) is 9.04. The third kappa shape index (κ3) is 4.02. The molecule has 2 N–H and O–H groups in total. The van der Waals surface area contributed by atoms with Crippen molar-refractivity contribution < 1.29 is 19.4 Å². The Balaban J connectivity index is 1.80. The number of allylic oxidation sites excluding steroid dienone is 1. The Labute approximate surface area is 147 Å². The molecule has 1 aromatic heterocycles. The highest BCUT2D eigenvalue weighted by Gasteiger charge is 2.08. The van der Waals surface area contributed by atoms with Crippen LogP contribution in [0, 0.1) is 0 Å². The zero-order chi connectivity index (χ0) is 18.5. The highest BCUT2D eigenvalue weighted by Crippen LogP contribution is 2.15. The molecule has 0 saturated heterocycles. The van der Waals surface area contributed by atoms with E-state index in [-0.39, 0.29) is 11.4 Å². The number of aromatic nitrogens is 2. The monoisotopic (exact) mass is 350 g/mol. The molecule has 0 bridgehead atoms. The highest BCUT2D eigenvalue weighted by molar-refractivity contribution is 6.05. The minimum absolute atomic E-state index is 0.0526. The van der Waals surface area contributed by atoms with Crippen LogP contribution in [-0.2, 0) is 4.79 Å². The number of nitrogens with one attached hydrogen (secondary N) is 1. The van der Waals surface area contributed by atoms with Crippen molar-refractivity contribution in [3.8, 4) is 5.75 Å². The van der Waals surface area contributed by atoms with Crippen LogP contribution in [0.25, 0.3) is 17.0 Å². The fourth-order valence-electron chi connectivity index (χ4n) is 2.31. The van der Waals surface area contributed by atoms with Crippen LogP contribution in [0.2, 0.25) is 0 Å². The quantitative estimate of drug-likeness (QED) is 0.521. The van der Waals surface area contributed by atoms with Gasteiger partial charge in [0.05, 0.1) is 10.9 Å². The first-order valence-corrected chi connectivity index (χ1v) is 7.69. The molecule has 0 spiro atoms. The van der Waals surface area contributed by atoms with Crippen LogP contribution in [0.5, 0.6) is 5.75 Å². The summed E-state index contributed by atoms with van der Waals surface area (Å²) in [5.74, 6) is -1.21. The number of carbonyl (C=O) groups is 2. The first-order chi connectivity index (χ1) is 12.5. The predicted molar refractivity (Wildman–Crippen MR) is 95.3 cm³/mol. The maximum Gasteiger partial charge on any atom is 0.341 e. The zero-order valence-corrected chi connectivity index (χ0v) is 13.5. The Hall–Kier alpha value is -3.74. The molecule has 0 aliphatic rings. The molecule has 0 unspecified atom stereocenters. The Morgan fingerprint density at radius 1 is 1.15 bits per heavy atom. The first kappa shape index (κ1) is 17.1. The number of ether oxygens (including phenoxy) is 1. The molecule has 0 fully saturated rings. The Morgan fingerprint density at radius 2 is 1.96 bits per heavy atom. The Bertz CT molecular complexity index is 1070. The summed E-state index contributed by atoms with van der Waals surface area (Å²) in [4.78, 5) is 41.5. The largest absolute Gasteiger partial charge is 0.482 e. The number of benzene rings is 2. The zero-order valence-electron chi connectivity index (χ0n) is 13.5. The topological polar surface area (TPSA) is 109 Å². The number of carboxylic acid groups (broad SMARTS) is 1. The molecule has 3 aromatic rings. The second-order valence-corrected chi connectivity index (χ2v) is 5.38. The molecule has 3 rings (SSSR count). The number of aliphatic carboxylic acids is 1. The number of carbonyl (C=O) groups excluding carboxylic acids is 1. The summed E-state index contributed by atoms with van der Waals surface area (Å²) in [5.41, 5.74) is 0.706. The van der Waals surface area contributed by atoms with Gasteiger partial charge in [0, 0.05) is 0 Å². The van der Waals surface area contributed by atoms with Crippen molar-refractivity contribution in [2.45, 2.75) is 0 Å². The predicted octanol–water partition coefficient (Wildman–Crippen LogP) is 2.28. The van der Waals surface area contributed by atoms with Gasteiger partial charge in [-0.15, -0.1) is 0 Å². The van der Waals surface area contributed by atoms with Crippen molar-refractivity contribution in [3.63, 3.8) is 0 Å². The van der Waals surface area contributed by atoms with E-state index in [0.29, 0.717) is 22.2 Å². The van der Waals surface area contributed by atoms with Gasteiger partial charge in [-0.05, 0) is 35.9 Å². The highest BCUT2D eigenvalue weighted by atomic mass is 16.5. The summed E-state index contributed by atoms with van der Waals surface area (Å²) in [6.45, 7) is -0.450. The average molecular weight is 350 g/mol. The van der Waals surface area contributed by atoms with Crippen LogP contribution in [-0.4, -0.2) is 33.4 Å². The smallest absolute Gasteiger partial charge is 0.341 e. The number of hydrogen-bond acceptors (Lipinski definition) is 5. The molecule has 26 heavy (non-hydrogen) atoms. The van der Waals surface area contributed by atoms with E-state index in [0.717, 1.165) is 0 Å². The fraction of sp³-hybridized carbons (Fsp3) is 0.0526. The number of rotatable bonds is 6. The van der Waals surface area contributed by atoms with Crippen LogP contribution < -0.4 is 10.3 Å². The molecule has 0 amide bonds. The lowest BCUT2D eigenvalue weighted by Gasteiger charge is -2.03. The van der Waals surface area contributed by atoms with Crippen molar-refractivity contribution in [2.75, 3.05) is 6.61 Å². The summed E-state index contributed by atoms with van der Waals surface area (Å²) in [6.07, 6.45) is 2.81. The van der Waals surface area contributed by atoms with Crippen LogP contribution >= 0.6 is 0 Å². The number of aromatic amines is 1. The van der Waals surface area contributed by atoms with Gasteiger partial charge < -0.3 is 14.8 Å². The standard InChI is InChI=1S/C19H14N2O5/c22-16(18-20-15-7-2-1-6-14(15)19(25)21-18)9-8-12-4-3-5-13(10-12)26-11-17(23)24/h1-10H,11H2,(H,23,24)(H,20,21,25)/b9-8+. The minimum Gasteiger partial charge on any atom is -0.482 e. The van der Waals surface area contributed by atoms with Crippen molar-refractivity contribution >= 4 is 28.7 Å². The summed E-state index contributed by atoms with van der Waals surface area (Å²) in [7, 11) is 0. The molecule has 1 heterocycles. The average Bonchev–Trinajstić information content (AvgIpc) is 2.65. The summed E-state index contributed by atoms with van der Waals surface area (Å²) < 4.78 is 5.09. The number of carboxylic acids is 1. The van der Waals surface area contributed by atoms with Gasteiger partial charge in [-0.1, -0.05) is 30.3 Å². The summed E-state index contributed by atoms with van der Waals surface area (Å²) in [6, 6.07) is 13.4. The van der Waals surface area contributed by atoms with Gasteiger partial charge in [-0.3, -0.25) is 9.59 Å². The lowest BCUT2D eigenvalue weighted by molar-refractivity contribution is -0.139. The molecule has 0 radical (unpaired) electrons. The molecule has 2 aromatic carbocycles. The van der Waals surface area contributed by atoms with Gasteiger partial charge in [0.25, 0.3) is 5.56 Å². The normalized spacial score (nSPS) is 10.9. The molecular weight excluding hydrogens is 336 g/mol. The van der Waals surface area contributed by atoms with E-state index in [1.807, 2.05) is 0 Å². The maximum absolute atomic E-state index is 12.3. The van der Waals surface area contributed by atoms with Crippen LogP contribution in [0.1, 0.15) is 16.2 Å². The molecule has 7 nitrogen and oxygen atoms in total. The molecule has 130 valence electrons. The number of H-pyrrole nitrogens is 1.